The molecule has 7 nitrogen and oxygen atoms in total. The van der Waals surface area contributed by atoms with Crippen LogP contribution in [0.1, 0.15) is 46.9 Å². The van der Waals surface area contributed by atoms with Crippen molar-refractivity contribution in [2.75, 3.05) is 43.9 Å². The maximum absolute atomic E-state index is 14.6. The van der Waals surface area contributed by atoms with Crippen LogP contribution in [0.25, 0.3) is 0 Å². The van der Waals surface area contributed by atoms with Crippen molar-refractivity contribution in [3.05, 3.63) is 53.3 Å². The van der Waals surface area contributed by atoms with E-state index in [0.717, 1.165) is 19.1 Å². The number of halogens is 1. The minimum Gasteiger partial charge on any atom is -0.492 e. The predicted octanol–water partition coefficient (Wildman–Crippen LogP) is 3.57. The standard InChI is InChI=1S/C25H29FN2O5S/c1-17(29)19-6-8-23(22(26)14-19)27-10-12-28(13-11-27)25(30)21-15-20(34(2,31)32)7-9-24(21)33-16-18-4-3-5-18/h6-9,14-15,18H,3-5,10-13,16H2,1-2H3. The lowest BCUT2D eigenvalue weighted by Gasteiger charge is -2.36. The molecule has 1 saturated heterocycles. The van der Waals surface area contributed by atoms with Gasteiger partial charge >= 0.3 is 0 Å². The summed E-state index contributed by atoms with van der Waals surface area (Å²) >= 11 is 0. The van der Waals surface area contributed by atoms with Crippen molar-refractivity contribution >= 4 is 27.2 Å². The van der Waals surface area contributed by atoms with Crippen LogP contribution in [0.2, 0.25) is 0 Å². The molecule has 9 heteroatoms. The summed E-state index contributed by atoms with van der Waals surface area (Å²) in [6.07, 6.45) is 4.47. The van der Waals surface area contributed by atoms with E-state index in [1.165, 1.54) is 31.5 Å². The zero-order chi connectivity index (χ0) is 24.5. The second-order valence-electron chi connectivity index (χ2n) is 9.04. The maximum Gasteiger partial charge on any atom is 0.257 e. The number of nitrogens with zero attached hydrogens (tertiary/aromatic N) is 2. The third kappa shape index (κ3) is 5.24. The van der Waals surface area contributed by atoms with Crippen LogP contribution in [-0.2, 0) is 9.84 Å². The first-order chi connectivity index (χ1) is 16.1. The highest BCUT2D eigenvalue weighted by Gasteiger charge is 2.28. The van der Waals surface area contributed by atoms with Crippen LogP contribution < -0.4 is 9.64 Å². The molecule has 4 rings (SSSR count). The van der Waals surface area contributed by atoms with Gasteiger partial charge in [-0.15, -0.1) is 0 Å². The molecule has 1 saturated carbocycles. The Morgan fingerprint density at radius 2 is 1.76 bits per heavy atom. The molecule has 34 heavy (non-hydrogen) atoms. The van der Waals surface area contributed by atoms with Crippen LogP contribution >= 0.6 is 0 Å². The van der Waals surface area contributed by atoms with E-state index in [1.807, 2.05) is 4.90 Å². The molecule has 1 heterocycles. The van der Waals surface area contributed by atoms with Gasteiger partial charge in [0.1, 0.15) is 11.6 Å². The normalized spacial score (nSPS) is 16.8. The number of carbonyl (C=O) groups is 2. The average Bonchev–Trinajstić information content (AvgIpc) is 2.77. The highest BCUT2D eigenvalue weighted by Crippen LogP contribution is 2.30. The third-order valence-electron chi connectivity index (χ3n) is 6.57. The molecule has 1 aliphatic carbocycles. The minimum absolute atomic E-state index is 0.0677. The number of anilines is 1. The average molecular weight is 489 g/mol. The second kappa shape index (κ2) is 9.74. The molecule has 0 radical (unpaired) electrons. The number of benzene rings is 2. The summed E-state index contributed by atoms with van der Waals surface area (Å²) in [5, 5.41) is 0. The van der Waals surface area contributed by atoms with Gasteiger partial charge in [0.05, 0.1) is 22.8 Å². The predicted molar refractivity (Wildman–Crippen MR) is 127 cm³/mol. The van der Waals surface area contributed by atoms with Gasteiger partial charge in [-0.05, 0) is 62.1 Å². The molecule has 1 amide bonds. The molecule has 0 N–H and O–H groups in total. The summed E-state index contributed by atoms with van der Waals surface area (Å²) in [5.74, 6) is -0.128. The lowest BCUT2D eigenvalue weighted by atomic mass is 9.86. The van der Waals surface area contributed by atoms with Crippen molar-refractivity contribution in [3.8, 4) is 5.75 Å². The first-order valence-corrected chi connectivity index (χ1v) is 13.3. The van der Waals surface area contributed by atoms with Crippen molar-refractivity contribution in [1.82, 2.24) is 4.90 Å². The number of carbonyl (C=O) groups excluding carboxylic acids is 2. The molecule has 0 aromatic heterocycles. The van der Waals surface area contributed by atoms with E-state index in [-0.39, 0.29) is 22.1 Å². The summed E-state index contributed by atoms with van der Waals surface area (Å²) < 4.78 is 44.7. The van der Waals surface area contributed by atoms with E-state index < -0.39 is 15.7 Å². The highest BCUT2D eigenvalue weighted by atomic mass is 32.2. The Morgan fingerprint density at radius 3 is 2.32 bits per heavy atom. The topological polar surface area (TPSA) is 84.0 Å². The van der Waals surface area contributed by atoms with Crippen LogP contribution in [0, 0.1) is 11.7 Å². The summed E-state index contributed by atoms with van der Waals surface area (Å²) in [6, 6.07) is 8.84. The first-order valence-electron chi connectivity index (χ1n) is 11.4. The fraction of sp³-hybridized carbons (Fsp3) is 0.440. The molecule has 2 aromatic carbocycles. The number of rotatable bonds is 7. The largest absolute Gasteiger partial charge is 0.492 e. The van der Waals surface area contributed by atoms with E-state index in [0.29, 0.717) is 55.7 Å². The van der Waals surface area contributed by atoms with Gasteiger partial charge in [0.15, 0.2) is 15.6 Å². The summed E-state index contributed by atoms with van der Waals surface area (Å²) in [6.45, 7) is 3.40. The Kier molecular flexibility index (Phi) is 6.93. The monoisotopic (exact) mass is 488 g/mol. The second-order valence-corrected chi connectivity index (χ2v) is 11.1. The van der Waals surface area contributed by atoms with Gasteiger partial charge in [0.2, 0.25) is 0 Å². The molecule has 1 aliphatic heterocycles. The van der Waals surface area contributed by atoms with Gasteiger partial charge in [-0.3, -0.25) is 9.59 Å². The Labute approximate surface area is 199 Å². The lowest BCUT2D eigenvalue weighted by Crippen LogP contribution is -2.49. The van der Waals surface area contributed by atoms with Crippen molar-refractivity contribution in [2.24, 2.45) is 5.92 Å². The number of Topliss-reactive ketones (excluding diaryl/α,β-unsaturated/α-hetero) is 1. The molecule has 2 fully saturated rings. The van der Waals surface area contributed by atoms with E-state index in [9.17, 15) is 22.4 Å². The fourth-order valence-corrected chi connectivity index (χ4v) is 4.85. The van der Waals surface area contributed by atoms with Crippen LogP contribution in [0.5, 0.6) is 5.75 Å². The Hall–Kier alpha value is -2.94. The summed E-state index contributed by atoms with van der Waals surface area (Å²) in [4.78, 5) is 28.4. The molecule has 2 aliphatic rings. The zero-order valence-electron chi connectivity index (χ0n) is 19.4. The van der Waals surface area contributed by atoms with Crippen LogP contribution in [0.4, 0.5) is 10.1 Å². The van der Waals surface area contributed by atoms with Crippen LogP contribution in [0.15, 0.2) is 41.3 Å². The Bertz CT molecular complexity index is 1200. The van der Waals surface area contributed by atoms with Crippen molar-refractivity contribution in [3.63, 3.8) is 0 Å². The quantitative estimate of drug-likeness (QED) is 0.554. The van der Waals surface area contributed by atoms with Crippen LogP contribution in [0.3, 0.4) is 0 Å². The fourth-order valence-electron chi connectivity index (χ4n) is 4.20. The number of hydrogen-bond acceptors (Lipinski definition) is 6. The van der Waals surface area contributed by atoms with Gasteiger partial charge in [0.25, 0.3) is 5.91 Å². The Balaban J connectivity index is 1.50. The summed E-state index contributed by atoms with van der Waals surface area (Å²) in [7, 11) is -3.49. The van der Waals surface area contributed by atoms with E-state index >= 15 is 0 Å². The molecular weight excluding hydrogens is 459 g/mol. The van der Waals surface area contributed by atoms with Crippen molar-refractivity contribution < 1.29 is 27.1 Å². The number of hydrogen-bond donors (Lipinski definition) is 0. The summed E-state index contributed by atoms with van der Waals surface area (Å²) in [5.41, 5.74) is 0.934. The Morgan fingerprint density at radius 1 is 1.06 bits per heavy atom. The molecule has 2 aromatic rings. The van der Waals surface area contributed by atoms with Gasteiger partial charge < -0.3 is 14.5 Å². The number of ether oxygens (including phenoxy) is 1. The van der Waals surface area contributed by atoms with E-state index in [1.54, 1.807) is 23.1 Å². The molecular formula is C25H29FN2O5S. The zero-order valence-corrected chi connectivity index (χ0v) is 20.2. The molecule has 0 bridgehead atoms. The highest BCUT2D eigenvalue weighted by molar-refractivity contribution is 7.90. The molecule has 182 valence electrons. The smallest absolute Gasteiger partial charge is 0.257 e. The van der Waals surface area contributed by atoms with Gasteiger partial charge in [-0.1, -0.05) is 6.42 Å². The maximum atomic E-state index is 14.6. The third-order valence-corrected chi connectivity index (χ3v) is 7.68. The van der Waals surface area contributed by atoms with E-state index in [4.69, 9.17) is 4.74 Å². The SMILES string of the molecule is CC(=O)c1ccc(N2CCN(C(=O)c3cc(S(C)(=O)=O)ccc3OCC3CCC3)CC2)c(F)c1. The number of ketones is 1. The first kappa shape index (κ1) is 24.2. The number of amides is 1. The number of sulfone groups is 1. The van der Waals surface area contributed by atoms with Gasteiger partial charge in [0, 0.05) is 38.0 Å². The van der Waals surface area contributed by atoms with Crippen LogP contribution in [-0.4, -0.2) is 64.0 Å². The van der Waals surface area contributed by atoms with Gasteiger partial charge in [-0.2, -0.15) is 0 Å². The van der Waals surface area contributed by atoms with E-state index in [2.05, 4.69) is 0 Å². The molecule has 0 spiro atoms. The minimum atomic E-state index is -3.49. The molecule has 0 atom stereocenters. The van der Waals surface area contributed by atoms with Gasteiger partial charge in [-0.25, -0.2) is 12.8 Å². The van der Waals surface area contributed by atoms with Crippen molar-refractivity contribution in [2.45, 2.75) is 31.1 Å². The number of piperazine rings is 1. The lowest BCUT2D eigenvalue weighted by molar-refractivity contribution is 0.0739. The molecule has 0 unspecified atom stereocenters. The van der Waals surface area contributed by atoms with Crippen molar-refractivity contribution in [1.29, 1.82) is 0 Å².